The van der Waals surface area contributed by atoms with Crippen LogP contribution in [0.15, 0.2) is 24.3 Å². The van der Waals surface area contributed by atoms with Crippen LogP contribution in [0.5, 0.6) is 0 Å². The van der Waals surface area contributed by atoms with Crippen molar-refractivity contribution in [2.75, 3.05) is 39.9 Å². The van der Waals surface area contributed by atoms with Gasteiger partial charge in [-0.25, -0.2) is 0 Å². The second kappa shape index (κ2) is 8.46. The first-order chi connectivity index (χ1) is 11.0. The van der Waals surface area contributed by atoms with E-state index in [1.54, 1.807) is 7.11 Å². The van der Waals surface area contributed by atoms with Crippen LogP contribution in [0.3, 0.4) is 0 Å². The molecule has 4 heteroatoms. The Morgan fingerprint density at radius 2 is 2.00 bits per heavy atom. The SMILES string of the molecule is COCC(=O)N(CC(C)C)CC1CNCC1c1ccc(C)cc1. The van der Waals surface area contributed by atoms with Crippen molar-refractivity contribution in [3.63, 3.8) is 0 Å². The van der Waals surface area contributed by atoms with Gasteiger partial charge in [-0.2, -0.15) is 0 Å². The standard InChI is InChI=1S/C19H30N2O2/c1-14(2)11-21(19(22)13-23-4)12-17-9-20-10-18(17)16-7-5-15(3)6-8-16/h5-8,14,17-18,20H,9-13H2,1-4H3. The Morgan fingerprint density at radius 3 is 2.61 bits per heavy atom. The van der Waals surface area contributed by atoms with Gasteiger partial charge in [0, 0.05) is 39.2 Å². The summed E-state index contributed by atoms with van der Waals surface area (Å²) >= 11 is 0. The van der Waals surface area contributed by atoms with Crippen LogP contribution in [0.2, 0.25) is 0 Å². The van der Waals surface area contributed by atoms with Crippen molar-refractivity contribution in [2.24, 2.45) is 11.8 Å². The van der Waals surface area contributed by atoms with Crippen LogP contribution in [0.1, 0.15) is 30.9 Å². The van der Waals surface area contributed by atoms with Gasteiger partial charge in [0.2, 0.25) is 5.91 Å². The van der Waals surface area contributed by atoms with E-state index in [2.05, 4.69) is 50.4 Å². The molecule has 0 radical (unpaired) electrons. The van der Waals surface area contributed by atoms with E-state index in [0.717, 1.165) is 26.2 Å². The predicted molar refractivity (Wildman–Crippen MR) is 93.6 cm³/mol. The number of hydrogen-bond acceptors (Lipinski definition) is 3. The molecule has 2 rings (SSSR count). The van der Waals surface area contributed by atoms with Gasteiger partial charge in [0.05, 0.1) is 0 Å². The number of hydrogen-bond donors (Lipinski definition) is 1. The van der Waals surface area contributed by atoms with Crippen LogP contribution < -0.4 is 5.32 Å². The fourth-order valence-corrected chi connectivity index (χ4v) is 3.35. The van der Waals surface area contributed by atoms with Gasteiger partial charge in [-0.3, -0.25) is 4.79 Å². The first-order valence-electron chi connectivity index (χ1n) is 8.55. The molecule has 2 atom stereocenters. The zero-order chi connectivity index (χ0) is 16.8. The van der Waals surface area contributed by atoms with Crippen molar-refractivity contribution in [1.82, 2.24) is 10.2 Å². The molecule has 1 aliphatic rings. The summed E-state index contributed by atoms with van der Waals surface area (Å²) in [6.45, 7) is 10.1. The molecule has 0 saturated carbocycles. The van der Waals surface area contributed by atoms with E-state index in [9.17, 15) is 4.79 Å². The maximum atomic E-state index is 12.3. The summed E-state index contributed by atoms with van der Waals surface area (Å²) in [5.74, 6) is 1.48. The minimum atomic E-state index is 0.0933. The highest BCUT2D eigenvalue weighted by molar-refractivity contribution is 5.77. The smallest absolute Gasteiger partial charge is 0.248 e. The Bertz CT molecular complexity index is 499. The molecule has 1 heterocycles. The monoisotopic (exact) mass is 318 g/mol. The maximum Gasteiger partial charge on any atom is 0.248 e. The Balaban J connectivity index is 2.07. The Kier molecular flexibility index (Phi) is 6.60. The van der Waals surface area contributed by atoms with Crippen molar-refractivity contribution < 1.29 is 9.53 Å². The molecular weight excluding hydrogens is 288 g/mol. The lowest BCUT2D eigenvalue weighted by molar-refractivity contribution is -0.136. The molecule has 1 aliphatic heterocycles. The highest BCUT2D eigenvalue weighted by atomic mass is 16.5. The molecule has 0 bridgehead atoms. The van der Waals surface area contributed by atoms with Gasteiger partial charge in [-0.05, 0) is 24.3 Å². The van der Waals surface area contributed by atoms with Crippen LogP contribution in [0.4, 0.5) is 0 Å². The third-order valence-corrected chi connectivity index (χ3v) is 4.51. The van der Waals surface area contributed by atoms with Crippen LogP contribution in [-0.2, 0) is 9.53 Å². The van der Waals surface area contributed by atoms with Crippen molar-refractivity contribution in [3.8, 4) is 0 Å². The van der Waals surface area contributed by atoms with Gasteiger partial charge in [-0.15, -0.1) is 0 Å². The lowest BCUT2D eigenvalue weighted by Crippen LogP contribution is -2.41. The summed E-state index contributed by atoms with van der Waals surface area (Å²) in [5.41, 5.74) is 2.65. The van der Waals surface area contributed by atoms with Gasteiger partial charge in [0.1, 0.15) is 6.61 Å². The van der Waals surface area contributed by atoms with E-state index in [0.29, 0.717) is 17.8 Å². The number of methoxy groups -OCH3 is 1. The highest BCUT2D eigenvalue weighted by Gasteiger charge is 2.31. The van der Waals surface area contributed by atoms with Crippen molar-refractivity contribution in [1.29, 1.82) is 0 Å². The summed E-state index contributed by atoms with van der Waals surface area (Å²) < 4.78 is 5.05. The molecule has 23 heavy (non-hydrogen) atoms. The van der Waals surface area contributed by atoms with Gasteiger partial charge in [-0.1, -0.05) is 43.7 Å². The number of ether oxygens (including phenoxy) is 1. The first-order valence-corrected chi connectivity index (χ1v) is 8.55. The number of nitrogens with one attached hydrogen (secondary N) is 1. The maximum absolute atomic E-state index is 12.3. The number of nitrogens with zero attached hydrogens (tertiary/aromatic N) is 1. The third-order valence-electron chi connectivity index (χ3n) is 4.51. The number of aryl methyl sites for hydroxylation is 1. The van der Waals surface area contributed by atoms with Gasteiger partial charge < -0.3 is 15.0 Å². The van der Waals surface area contributed by atoms with E-state index in [1.807, 2.05) is 4.90 Å². The first kappa shape index (κ1) is 18.0. The van der Waals surface area contributed by atoms with Crippen LogP contribution in [0, 0.1) is 18.8 Å². The molecule has 2 unspecified atom stereocenters. The third kappa shape index (κ3) is 5.05. The average molecular weight is 318 g/mol. The molecule has 1 saturated heterocycles. The quantitative estimate of drug-likeness (QED) is 0.839. The van der Waals surface area contributed by atoms with E-state index >= 15 is 0 Å². The van der Waals surface area contributed by atoms with Crippen molar-refractivity contribution in [2.45, 2.75) is 26.7 Å². The number of carbonyl (C=O) groups excluding carboxylic acids is 1. The van der Waals surface area contributed by atoms with Gasteiger partial charge in [0.15, 0.2) is 0 Å². The molecule has 4 nitrogen and oxygen atoms in total. The summed E-state index contributed by atoms with van der Waals surface area (Å²) in [7, 11) is 1.58. The summed E-state index contributed by atoms with van der Waals surface area (Å²) in [6, 6.07) is 8.80. The van der Waals surface area contributed by atoms with E-state index in [-0.39, 0.29) is 12.5 Å². The minimum Gasteiger partial charge on any atom is -0.375 e. The van der Waals surface area contributed by atoms with Crippen LogP contribution >= 0.6 is 0 Å². The second-order valence-electron chi connectivity index (χ2n) is 7.06. The number of carbonyl (C=O) groups is 1. The molecule has 0 aromatic heterocycles. The predicted octanol–water partition coefficient (Wildman–Crippen LogP) is 2.43. The number of benzene rings is 1. The Hall–Kier alpha value is -1.39. The number of amides is 1. The minimum absolute atomic E-state index is 0.0933. The van der Waals surface area contributed by atoms with E-state index in [1.165, 1.54) is 11.1 Å². The van der Waals surface area contributed by atoms with E-state index < -0.39 is 0 Å². The molecule has 1 amide bonds. The highest BCUT2D eigenvalue weighted by Crippen LogP contribution is 2.29. The molecule has 128 valence electrons. The van der Waals surface area contributed by atoms with Gasteiger partial charge >= 0.3 is 0 Å². The fourth-order valence-electron chi connectivity index (χ4n) is 3.35. The molecule has 1 aromatic rings. The molecule has 0 spiro atoms. The van der Waals surface area contributed by atoms with E-state index in [4.69, 9.17) is 4.74 Å². The Labute approximate surface area is 140 Å². The molecular formula is C19H30N2O2. The lowest BCUT2D eigenvalue weighted by atomic mass is 9.88. The number of rotatable bonds is 7. The second-order valence-corrected chi connectivity index (χ2v) is 7.06. The van der Waals surface area contributed by atoms with Crippen LogP contribution in [0.25, 0.3) is 0 Å². The van der Waals surface area contributed by atoms with Crippen molar-refractivity contribution >= 4 is 5.91 Å². The van der Waals surface area contributed by atoms with Gasteiger partial charge in [0.25, 0.3) is 0 Å². The summed E-state index contributed by atoms with van der Waals surface area (Å²) in [5, 5.41) is 3.50. The summed E-state index contributed by atoms with van der Waals surface area (Å²) in [6.07, 6.45) is 0. The van der Waals surface area contributed by atoms with Crippen molar-refractivity contribution in [3.05, 3.63) is 35.4 Å². The zero-order valence-corrected chi connectivity index (χ0v) is 14.8. The average Bonchev–Trinajstić information content (AvgIpc) is 2.95. The topological polar surface area (TPSA) is 41.6 Å². The fraction of sp³-hybridized carbons (Fsp3) is 0.632. The Morgan fingerprint density at radius 1 is 1.30 bits per heavy atom. The normalized spacial score (nSPS) is 20.9. The van der Waals surface area contributed by atoms with Crippen LogP contribution in [-0.4, -0.2) is 50.7 Å². The lowest BCUT2D eigenvalue weighted by Gasteiger charge is -2.29. The molecule has 0 aliphatic carbocycles. The zero-order valence-electron chi connectivity index (χ0n) is 14.8. The summed E-state index contributed by atoms with van der Waals surface area (Å²) in [4.78, 5) is 14.3. The molecule has 1 aromatic carbocycles. The largest absolute Gasteiger partial charge is 0.375 e. The molecule has 1 N–H and O–H groups in total. The molecule has 1 fully saturated rings.